The molecule has 0 atom stereocenters. The molecule has 2 N–H and O–H groups in total. The van der Waals surface area contributed by atoms with Gasteiger partial charge >= 0.3 is 6.36 Å². The quantitative estimate of drug-likeness (QED) is 0.920. The summed E-state index contributed by atoms with van der Waals surface area (Å²) in [4.78, 5) is 15.1. The van der Waals surface area contributed by atoms with Crippen molar-refractivity contribution in [3.63, 3.8) is 0 Å². The number of alkyl halides is 3. The van der Waals surface area contributed by atoms with Crippen molar-refractivity contribution >= 4 is 17.5 Å². The lowest BCUT2D eigenvalue weighted by atomic mass is 10.0. The number of nitrogens with two attached hydrogens (primary N) is 1. The molecule has 0 radical (unpaired) electrons. The Kier molecular flexibility index (Phi) is 4.65. The highest BCUT2D eigenvalue weighted by Gasteiger charge is 2.33. The second-order valence-corrected chi connectivity index (χ2v) is 4.77. The van der Waals surface area contributed by atoms with Gasteiger partial charge in [0.15, 0.2) is 0 Å². The average molecular weight is 347 g/mol. The number of methoxy groups -OCH3 is 1. The van der Waals surface area contributed by atoms with Crippen molar-refractivity contribution in [2.45, 2.75) is 6.36 Å². The number of rotatable bonds is 4. The van der Waals surface area contributed by atoms with Crippen LogP contribution in [-0.4, -0.2) is 24.4 Å². The number of benzene rings is 1. The highest BCUT2D eigenvalue weighted by atomic mass is 35.5. The van der Waals surface area contributed by atoms with E-state index in [0.717, 1.165) is 6.07 Å². The van der Waals surface area contributed by atoms with Crippen LogP contribution in [-0.2, 0) is 0 Å². The molecule has 23 heavy (non-hydrogen) atoms. The van der Waals surface area contributed by atoms with Gasteiger partial charge < -0.3 is 15.2 Å². The molecule has 1 aromatic carbocycles. The molecule has 0 aliphatic heterocycles. The van der Waals surface area contributed by atoms with Gasteiger partial charge in [0.2, 0.25) is 11.8 Å². The van der Waals surface area contributed by atoms with Crippen LogP contribution in [0.4, 0.5) is 13.2 Å². The second-order valence-electron chi connectivity index (χ2n) is 4.33. The third-order valence-electron chi connectivity index (χ3n) is 2.79. The first-order valence-corrected chi connectivity index (χ1v) is 6.48. The lowest BCUT2D eigenvalue weighted by Gasteiger charge is -2.15. The number of pyridine rings is 1. The van der Waals surface area contributed by atoms with Gasteiger partial charge in [-0.2, -0.15) is 0 Å². The Labute approximate surface area is 133 Å². The molecule has 0 fully saturated rings. The molecule has 0 saturated heterocycles. The van der Waals surface area contributed by atoms with Crippen molar-refractivity contribution in [3.8, 4) is 22.8 Å². The zero-order valence-electron chi connectivity index (χ0n) is 11.6. The van der Waals surface area contributed by atoms with Crippen LogP contribution in [0.5, 0.6) is 11.6 Å². The van der Waals surface area contributed by atoms with E-state index >= 15 is 0 Å². The highest BCUT2D eigenvalue weighted by molar-refractivity contribution is 6.30. The van der Waals surface area contributed by atoms with E-state index in [1.807, 2.05) is 0 Å². The first-order chi connectivity index (χ1) is 10.7. The molecule has 1 aromatic heterocycles. The van der Waals surface area contributed by atoms with Gasteiger partial charge in [0, 0.05) is 22.9 Å². The molecule has 0 bridgehead atoms. The molecule has 0 aliphatic carbocycles. The van der Waals surface area contributed by atoms with E-state index in [2.05, 4.69) is 9.72 Å². The third kappa shape index (κ3) is 4.04. The molecule has 2 rings (SSSR count). The SMILES string of the molecule is COc1ncc(Cl)cc1-c1ccc(C(N)=O)cc1OC(F)(F)F. The molecule has 0 saturated carbocycles. The molecule has 2 aromatic rings. The van der Waals surface area contributed by atoms with Gasteiger partial charge in [-0.05, 0) is 24.3 Å². The zero-order chi connectivity index (χ0) is 17.2. The van der Waals surface area contributed by atoms with Crippen molar-refractivity contribution in [3.05, 3.63) is 41.0 Å². The molecule has 0 aliphatic rings. The van der Waals surface area contributed by atoms with Crippen molar-refractivity contribution in [1.82, 2.24) is 4.98 Å². The van der Waals surface area contributed by atoms with E-state index in [4.69, 9.17) is 22.1 Å². The Balaban J connectivity index is 2.66. The summed E-state index contributed by atoms with van der Waals surface area (Å²) in [5.74, 6) is -1.45. The van der Waals surface area contributed by atoms with Crippen molar-refractivity contribution in [2.75, 3.05) is 7.11 Å². The molecular formula is C14H10ClF3N2O3. The molecule has 9 heteroatoms. The fourth-order valence-electron chi connectivity index (χ4n) is 1.89. The van der Waals surface area contributed by atoms with Crippen molar-refractivity contribution in [2.24, 2.45) is 5.73 Å². The Morgan fingerprint density at radius 1 is 1.26 bits per heavy atom. The third-order valence-corrected chi connectivity index (χ3v) is 3.00. The monoisotopic (exact) mass is 346 g/mol. The minimum atomic E-state index is -4.95. The topological polar surface area (TPSA) is 74.4 Å². The summed E-state index contributed by atoms with van der Waals surface area (Å²) in [7, 11) is 1.31. The van der Waals surface area contributed by atoms with Gasteiger partial charge in [0.25, 0.3) is 0 Å². The van der Waals surface area contributed by atoms with Crippen LogP contribution in [0.3, 0.4) is 0 Å². The van der Waals surface area contributed by atoms with E-state index in [1.54, 1.807) is 0 Å². The summed E-state index contributed by atoms with van der Waals surface area (Å²) < 4.78 is 46.9. The minimum Gasteiger partial charge on any atom is -0.481 e. The van der Waals surface area contributed by atoms with E-state index < -0.39 is 18.0 Å². The molecule has 0 spiro atoms. The van der Waals surface area contributed by atoms with Crippen molar-refractivity contribution < 1.29 is 27.4 Å². The number of carbonyl (C=O) groups excluding carboxylic acids is 1. The molecule has 1 amide bonds. The summed E-state index contributed by atoms with van der Waals surface area (Å²) in [6, 6.07) is 4.78. The van der Waals surface area contributed by atoms with Gasteiger partial charge in [-0.25, -0.2) is 4.98 Å². The van der Waals surface area contributed by atoms with E-state index in [9.17, 15) is 18.0 Å². The predicted octanol–water partition coefficient (Wildman–Crippen LogP) is 3.41. The van der Waals surface area contributed by atoms with Crippen LogP contribution in [0.15, 0.2) is 30.5 Å². The van der Waals surface area contributed by atoms with Crippen LogP contribution in [0.25, 0.3) is 11.1 Å². The molecule has 1 heterocycles. The smallest absolute Gasteiger partial charge is 0.481 e. The Morgan fingerprint density at radius 3 is 2.52 bits per heavy atom. The average Bonchev–Trinajstić information content (AvgIpc) is 2.45. The number of amides is 1. The molecular weight excluding hydrogens is 337 g/mol. The van der Waals surface area contributed by atoms with Gasteiger partial charge in [-0.3, -0.25) is 4.79 Å². The van der Waals surface area contributed by atoms with Gasteiger partial charge in [-0.1, -0.05) is 11.6 Å². The molecule has 122 valence electrons. The number of nitrogens with zero attached hydrogens (tertiary/aromatic N) is 1. The Hall–Kier alpha value is -2.48. The number of halogens is 4. The predicted molar refractivity (Wildman–Crippen MR) is 76.4 cm³/mol. The summed E-state index contributed by atoms with van der Waals surface area (Å²) >= 11 is 5.84. The summed E-state index contributed by atoms with van der Waals surface area (Å²) in [6.45, 7) is 0. The highest BCUT2D eigenvalue weighted by Crippen LogP contribution is 2.39. The standard InChI is InChI=1S/C14H10ClF3N2O3/c1-22-13-10(5-8(15)6-20-13)9-3-2-7(12(19)21)4-11(9)23-14(16,17)18/h2-6H,1H3,(H2,19,21). The maximum atomic E-state index is 12.6. The fourth-order valence-corrected chi connectivity index (χ4v) is 2.05. The summed E-state index contributed by atoms with van der Waals surface area (Å²) in [5, 5.41) is 0.192. The van der Waals surface area contributed by atoms with Crippen molar-refractivity contribution in [1.29, 1.82) is 0 Å². The van der Waals surface area contributed by atoms with Gasteiger partial charge in [-0.15, -0.1) is 13.2 Å². The Morgan fingerprint density at radius 2 is 1.96 bits per heavy atom. The van der Waals surface area contributed by atoms with E-state index in [0.29, 0.717) is 0 Å². The maximum Gasteiger partial charge on any atom is 0.573 e. The lowest BCUT2D eigenvalue weighted by Crippen LogP contribution is -2.19. The Bertz CT molecular complexity index is 751. The summed E-state index contributed by atoms with van der Waals surface area (Å²) in [6.07, 6.45) is -3.67. The molecule has 5 nitrogen and oxygen atoms in total. The van der Waals surface area contributed by atoms with Gasteiger partial charge in [0.1, 0.15) is 5.75 Å². The van der Waals surface area contributed by atoms with E-state index in [-0.39, 0.29) is 27.6 Å². The number of hydrogen-bond acceptors (Lipinski definition) is 4. The number of hydrogen-bond donors (Lipinski definition) is 1. The molecule has 0 unspecified atom stereocenters. The van der Waals surface area contributed by atoms with E-state index in [1.165, 1.54) is 31.5 Å². The largest absolute Gasteiger partial charge is 0.573 e. The van der Waals surface area contributed by atoms with Crippen LogP contribution in [0, 0.1) is 0 Å². The fraction of sp³-hybridized carbons (Fsp3) is 0.143. The number of carbonyl (C=O) groups is 1. The number of aromatic nitrogens is 1. The van der Waals surface area contributed by atoms with Gasteiger partial charge in [0.05, 0.1) is 12.1 Å². The van der Waals surface area contributed by atoms with Crippen LogP contribution >= 0.6 is 11.6 Å². The second kappa shape index (κ2) is 6.33. The lowest BCUT2D eigenvalue weighted by molar-refractivity contribution is -0.274. The minimum absolute atomic E-state index is 0.000764. The number of ether oxygens (including phenoxy) is 2. The zero-order valence-corrected chi connectivity index (χ0v) is 12.4. The summed E-state index contributed by atoms with van der Waals surface area (Å²) in [5.41, 5.74) is 5.12. The first kappa shape index (κ1) is 16.9. The van der Waals surface area contributed by atoms with Crippen LogP contribution in [0.1, 0.15) is 10.4 Å². The van der Waals surface area contributed by atoms with Crippen LogP contribution < -0.4 is 15.2 Å². The van der Waals surface area contributed by atoms with Crippen LogP contribution in [0.2, 0.25) is 5.02 Å². The number of primary amides is 1. The normalized spacial score (nSPS) is 11.2. The maximum absolute atomic E-state index is 12.6. The first-order valence-electron chi connectivity index (χ1n) is 6.11.